The molecule has 1 aromatic carbocycles. The van der Waals surface area contributed by atoms with Gasteiger partial charge in [0.15, 0.2) is 0 Å². The molecular weight excluding hydrogens is 490 g/mol. The number of hydrogen-bond donors (Lipinski definition) is 0. The highest BCUT2D eigenvalue weighted by Crippen LogP contribution is 2.56. The number of allylic oxidation sites excluding steroid dienone is 3. The maximum atomic E-state index is 14.7. The lowest BCUT2D eigenvalue weighted by Crippen LogP contribution is -2.48. The Morgan fingerprint density at radius 2 is 1.68 bits per heavy atom. The minimum absolute atomic E-state index is 0.147. The van der Waals surface area contributed by atoms with E-state index in [1.807, 2.05) is 0 Å². The highest BCUT2D eigenvalue weighted by molar-refractivity contribution is 7.87. The van der Waals surface area contributed by atoms with Crippen LogP contribution in [0.2, 0.25) is 0 Å². The number of esters is 1. The molecule has 0 bridgehead atoms. The lowest BCUT2D eigenvalue weighted by atomic mass is 9.65. The van der Waals surface area contributed by atoms with Crippen LogP contribution in [0.3, 0.4) is 0 Å². The van der Waals surface area contributed by atoms with E-state index in [1.54, 1.807) is 19.9 Å². The third kappa shape index (κ3) is 5.94. The Morgan fingerprint density at radius 1 is 1.09 bits per heavy atom. The van der Waals surface area contributed by atoms with Crippen LogP contribution in [0.4, 0.5) is 26.3 Å². The summed E-state index contributed by atoms with van der Waals surface area (Å²) in [7, 11) is -6.27. The van der Waals surface area contributed by atoms with E-state index in [9.17, 15) is 39.6 Å². The van der Waals surface area contributed by atoms with Gasteiger partial charge in [-0.2, -0.15) is 34.8 Å². The van der Waals surface area contributed by atoms with Crippen LogP contribution in [0.15, 0.2) is 48.2 Å². The van der Waals surface area contributed by atoms with Gasteiger partial charge in [-0.25, -0.2) is 0 Å². The van der Waals surface area contributed by atoms with Crippen molar-refractivity contribution in [3.63, 3.8) is 0 Å². The van der Waals surface area contributed by atoms with Crippen LogP contribution in [-0.2, 0) is 23.8 Å². The van der Waals surface area contributed by atoms with Gasteiger partial charge in [0.2, 0.25) is 0 Å². The van der Waals surface area contributed by atoms with Gasteiger partial charge in [0.1, 0.15) is 11.2 Å². The van der Waals surface area contributed by atoms with Gasteiger partial charge >= 0.3 is 27.8 Å². The van der Waals surface area contributed by atoms with E-state index >= 15 is 0 Å². The Labute approximate surface area is 193 Å². The second kappa shape index (κ2) is 10.0. The molecule has 0 aromatic heterocycles. The third-order valence-corrected chi connectivity index (χ3v) is 6.24. The van der Waals surface area contributed by atoms with Crippen molar-refractivity contribution < 1.29 is 48.5 Å². The Hall–Kier alpha value is -2.50. The van der Waals surface area contributed by atoms with Crippen molar-refractivity contribution in [1.29, 1.82) is 0 Å². The van der Waals surface area contributed by atoms with Crippen molar-refractivity contribution in [3.8, 4) is 0 Å². The predicted octanol–water partition coefficient (Wildman–Crippen LogP) is 6.00. The van der Waals surface area contributed by atoms with Gasteiger partial charge in [-0.15, -0.1) is 0 Å². The Bertz CT molecular complexity index is 1040. The maximum Gasteiger partial charge on any atom is 0.534 e. The molecule has 5 nitrogen and oxygen atoms in total. The summed E-state index contributed by atoms with van der Waals surface area (Å²) in [6.07, 6.45) is -5.27. The molecule has 190 valence electrons. The molecule has 1 aliphatic rings. The molecule has 2 unspecified atom stereocenters. The molecule has 34 heavy (non-hydrogen) atoms. The second-order valence-corrected chi connectivity index (χ2v) is 9.75. The van der Waals surface area contributed by atoms with Gasteiger partial charge < -0.3 is 8.92 Å². The number of carbonyl (C=O) groups is 1. The summed E-state index contributed by atoms with van der Waals surface area (Å²) < 4.78 is 115. The minimum atomic E-state index is -6.27. The molecule has 2 atom stereocenters. The summed E-state index contributed by atoms with van der Waals surface area (Å²) in [6.45, 7) is 4.32. The van der Waals surface area contributed by atoms with E-state index in [4.69, 9.17) is 4.74 Å². The van der Waals surface area contributed by atoms with Gasteiger partial charge in [-0.05, 0) is 49.0 Å². The lowest BCUT2D eigenvalue weighted by molar-refractivity contribution is -0.229. The first-order valence-electron chi connectivity index (χ1n) is 10.3. The van der Waals surface area contributed by atoms with Crippen molar-refractivity contribution in [3.05, 3.63) is 53.8 Å². The van der Waals surface area contributed by atoms with Gasteiger partial charge in [-0.1, -0.05) is 44.2 Å². The number of ether oxygens (including phenoxy) is 1. The highest BCUT2D eigenvalue weighted by Gasteiger charge is 2.62. The highest BCUT2D eigenvalue weighted by atomic mass is 32.2. The second-order valence-electron chi connectivity index (χ2n) is 8.21. The van der Waals surface area contributed by atoms with Crippen molar-refractivity contribution in [2.45, 2.75) is 45.3 Å². The summed E-state index contributed by atoms with van der Waals surface area (Å²) in [4.78, 5) is 12.7. The van der Waals surface area contributed by atoms with Crippen molar-refractivity contribution in [1.82, 2.24) is 0 Å². The van der Waals surface area contributed by atoms with Crippen molar-refractivity contribution in [2.75, 3.05) is 6.61 Å². The summed E-state index contributed by atoms with van der Waals surface area (Å²) in [6, 6.07) is 7.39. The number of halogens is 6. The van der Waals surface area contributed by atoms with Crippen LogP contribution in [0.1, 0.15) is 39.2 Å². The summed E-state index contributed by atoms with van der Waals surface area (Å²) in [5, 5.41) is 0. The van der Waals surface area contributed by atoms with Crippen molar-refractivity contribution in [2.24, 2.45) is 17.3 Å². The molecule has 1 aliphatic carbocycles. The number of rotatable bonds is 8. The zero-order chi connectivity index (χ0) is 25.9. The molecule has 0 saturated carbocycles. The van der Waals surface area contributed by atoms with Crippen LogP contribution in [0.25, 0.3) is 5.57 Å². The fourth-order valence-electron chi connectivity index (χ4n) is 3.78. The molecule has 0 aliphatic heterocycles. The molecule has 0 radical (unpaired) electrons. The van der Waals surface area contributed by atoms with E-state index in [1.165, 1.54) is 31.2 Å². The number of hydrogen-bond acceptors (Lipinski definition) is 5. The molecular formula is C22H24F6O5S. The molecule has 0 fully saturated rings. The standard InChI is InChI=1S/C22H24F6O5S/c1-4-32-19(29)18(10-14(2)3)20(21(23,24)25)12-16(15-8-6-5-7-9-15)11-17(13-20)33-34(30,31)22(26,27)28/h5-9,11,13-14,18H,4,10,12H2,1-3H3. The Kier molecular flexibility index (Phi) is 8.17. The molecule has 1 aromatic rings. The first-order chi connectivity index (χ1) is 15.5. The quantitative estimate of drug-likeness (QED) is 0.184. The molecule has 0 amide bonds. The predicted molar refractivity (Wildman–Crippen MR) is 111 cm³/mol. The van der Waals surface area contributed by atoms with E-state index < -0.39 is 57.2 Å². The number of benzene rings is 1. The number of alkyl halides is 6. The zero-order valence-corrected chi connectivity index (χ0v) is 19.4. The SMILES string of the molecule is CCOC(=O)C(CC(C)C)C1(C(F)(F)F)C=C(OS(=O)(=O)C(F)(F)F)C=C(c2ccccc2)C1. The molecule has 12 heteroatoms. The first-order valence-corrected chi connectivity index (χ1v) is 11.7. The molecule has 0 heterocycles. The monoisotopic (exact) mass is 514 g/mol. The van der Waals surface area contributed by atoms with E-state index in [0.717, 1.165) is 6.08 Å². The van der Waals surface area contributed by atoms with Gasteiger partial charge in [0.05, 0.1) is 12.5 Å². The first kappa shape index (κ1) is 27.7. The van der Waals surface area contributed by atoms with Gasteiger partial charge in [0.25, 0.3) is 0 Å². The summed E-state index contributed by atoms with van der Waals surface area (Å²) in [5.41, 5.74) is -8.90. The van der Waals surface area contributed by atoms with Gasteiger partial charge in [0, 0.05) is 0 Å². The molecule has 2 rings (SSSR count). The third-order valence-electron chi connectivity index (χ3n) is 5.26. The molecule has 0 N–H and O–H groups in total. The van der Waals surface area contributed by atoms with Crippen LogP contribution in [-0.4, -0.2) is 32.7 Å². The summed E-state index contributed by atoms with van der Waals surface area (Å²) >= 11 is 0. The Morgan fingerprint density at radius 3 is 2.15 bits per heavy atom. The van der Waals surface area contributed by atoms with Crippen LogP contribution >= 0.6 is 0 Å². The van der Waals surface area contributed by atoms with E-state index in [-0.39, 0.29) is 30.2 Å². The van der Waals surface area contributed by atoms with E-state index in [2.05, 4.69) is 4.18 Å². The van der Waals surface area contributed by atoms with Crippen LogP contribution in [0, 0.1) is 17.3 Å². The Balaban J connectivity index is 2.80. The lowest BCUT2D eigenvalue weighted by Gasteiger charge is -2.42. The van der Waals surface area contributed by atoms with Crippen LogP contribution < -0.4 is 0 Å². The van der Waals surface area contributed by atoms with Gasteiger partial charge in [-0.3, -0.25) is 4.79 Å². The smallest absolute Gasteiger partial charge is 0.466 e. The fourth-order valence-corrected chi connectivity index (χ4v) is 4.22. The molecule has 0 saturated heterocycles. The van der Waals surface area contributed by atoms with Crippen molar-refractivity contribution >= 4 is 21.7 Å². The maximum absolute atomic E-state index is 14.7. The van der Waals surface area contributed by atoms with Crippen LogP contribution in [0.5, 0.6) is 0 Å². The number of carbonyl (C=O) groups excluding carboxylic acids is 1. The minimum Gasteiger partial charge on any atom is -0.466 e. The largest absolute Gasteiger partial charge is 0.534 e. The summed E-state index contributed by atoms with van der Waals surface area (Å²) in [5.74, 6) is -4.68. The van der Waals surface area contributed by atoms with E-state index in [0.29, 0.717) is 0 Å². The zero-order valence-electron chi connectivity index (χ0n) is 18.5. The normalized spacial score (nSPS) is 20.4. The average molecular weight is 514 g/mol. The average Bonchev–Trinajstić information content (AvgIpc) is 2.70. The topological polar surface area (TPSA) is 69.7 Å². The molecule has 0 spiro atoms. The fraction of sp³-hybridized carbons (Fsp3) is 0.500.